The highest BCUT2D eigenvalue weighted by Crippen LogP contribution is 2.20. The molecule has 0 aliphatic heterocycles. The molecule has 0 unspecified atom stereocenters. The number of benzene rings is 1. The van der Waals surface area contributed by atoms with Gasteiger partial charge in [-0.3, -0.25) is 4.79 Å². The van der Waals surface area contributed by atoms with Crippen molar-refractivity contribution in [1.82, 2.24) is 0 Å². The minimum absolute atomic E-state index is 0.298. The fourth-order valence-electron chi connectivity index (χ4n) is 1.47. The molecule has 0 aromatic heterocycles. The molecule has 0 heterocycles. The molecule has 1 nitrogen and oxygen atoms in total. The molecule has 16 heavy (non-hydrogen) atoms. The smallest absolute Gasteiger partial charge is 0.191 e. The number of carbonyl (C=O) groups excluding carboxylic acids is 1. The molecular weight excluding hydrogens is 203 g/mol. The van der Waals surface area contributed by atoms with Gasteiger partial charge in [0, 0.05) is 6.42 Å². The standard InChI is InChI=1S/C14H17FO/c1-3-4-10-13(16)14(15)11(2)12-8-6-5-7-9-12/h5-9H,3-4,10H2,1-2H3/b14-11+. The lowest BCUT2D eigenvalue weighted by molar-refractivity contribution is -0.116. The average molecular weight is 220 g/mol. The highest BCUT2D eigenvalue weighted by Gasteiger charge is 2.12. The van der Waals surface area contributed by atoms with E-state index in [1.807, 2.05) is 37.3 Å². The van der Waals surface area contributed by atoms with Crippen molar-refractivity contribution in [3.63, 3.8) is 0 Å². The molecule has 0 N–H and O–H groups in total. The first-order chi connectivity index (χ1) is 7.66. The number of rotatable bonds is 5. The Hall–Kier alpha value is -1.44. The molecule has 0 aliphatic carbocycles. The average Bonchev–Trinajstić information content (AvgIpc) is 2.35. The zero-order valence-corrected chi connectivity index (χ0v) is 9.79. The molecule has 2 heteroatoms. The third-order valence-corrected chi connectivity index (χ3v) is 2.54. The van der Waals surface area contributed by atoms with Gasteiger partial charge in [-0.2, -0.15) is 0 Å². The number of allylic oxidation sites excluding steroid dienone is 2. The first kappa shape index (κ1) is 12.6. The van der Waals surface area contributed by atoms with Crippen LogP contribution in [0.1, 0.15) is 38.7 Å². The van der Waals surface area contributed by atoms with Crippen molar-refractivity contribution in [3.8, 4) is 0 Å². The van der Waals surface area contributed by atoms with Crippen LogP contribution in [0.5, 0.6) is 0 Å². The highest BCUT2D eigenvalue weighted by atomic mass is 19.1. The largest absolute Gasteiger partial charge is 0.292 e. The summed E-state index contributed by atoms with van der Waals surface area (Å²) in [4.78, 5) is 11.5. The van der Waals surface area contributed by atoms with Gasteiger partial charge in [0.15, 0.2) is 11.6 Å². The number of carbonyl (C=O) groups is 1. The minimum Gasteiger partial charge on any atom is -0.292 e. The Balaban J connectivity index is 2.84. The molecule has 86 valence electrons. The summed E-state index contributed by atoms with van der Waals surface area (Å²) in [5.41, 5.74) is 1.20. The summed E-state index contributed by atoms with van der Waals surface area (Å²) < 4.78 is 13.7. The van der Waals surface area contributed by atoms with E-state index >= 15 is 0 Å². The molecule has 0 spiro atoms. The predicted octanol–water partition coefficient (Wildman–Crippen LogP) is 4.15. The third kappa shape index (κ3) is 3.30. The van der Waals surface area contributed by atoms with Crippen molar-refractivity contribution in [2.24, 2.45) is 0 Å². The summed E-state index contributed by atoms with van der Waals surface area (Å²) in [5, 5.41) is 0. The first-order valence-electron chi connectivity index (χ1n) is 5.61. The number of ketones is 1. The van der Waals surface area contributed by atoms with Crippen LogP contribution >= 0.6 is 0 Å². The van der Waals surface area contributed by atoms with Crippen LogP contribution in [0.25, 0.3) is 5.57 Å². The van der Waals surface area contributed by atoms with E-state index in [1.54, 1.807) is 6.92 Å². The molecule has 0 bridgehead atoms. The highest BCUT2D eigenvalue weighted by molar-refractivity contribution is 6.00. The Bertz CT molecular complexity index is 379. The second kappa shape index (κ2) is 6.21. The van der Waals surface area contributed by atoms with E-state index in [1.165, 1.54) is 0 Å². The van der Waals surface area contributed by atoms with E-state index < -0.39 is 5.83 Å². The minimum atomic E-state index is -0.598. The van der Waals surface area contributed by atoms with Crippen LogP contribution in [-0.2, 0) is 4.79 Å². The van der Waals surface area contributed by atoms with Gasteiger partial charge < -0.3 is 0 Å². The van der Waals surface area contributed by atoms with Crippen molar-refractivity contribution in [2.75, 3.05) is 0 Å². The molecule has 0 saturated heterocycles. The van der Waals surface area contributed by atoms with E-state index in [0.717, 1.165) is 18.4 Å². The molecule has 1 aromatic carbocycles. The summed E-state index contributed by atoms with van der Waals surface area (Å²) >= 11 is 0. The molecular formula is C14H17FO. The van der Waals surface area contributed by atoms with Crippen molar-refractivity contribution < 1.29 is 9.18 Å². The van der Waals surface area contributed by atoms with Gasteiger partial charge in [-0.05, 0) is 24.5 Å². The van der Waals surface area contributed by atoms with Crippen molar-refractivity contribution >= 4 is 11.4 Å². The number of halogens is 1. The lowest BCUT2D eigenvalue weighted by atomic mass is 10.0. The number of hydrogen-bond donors (Lipinski definition) is 0. The van der Waals surface area contributed by atoms with Crippen LogP contribution in [0, 0.1) is 0 Å². The maximum Gasteiger partial charge on any atom is 0.191 e. The Morgan fingerprint density at radius 2 is 1.88 bits per heavy atom. The normalized spacial score (nSPS) is 12.2. The molecule has 1 rings (SSSR count). The molecule has 0 radical (unpaired) electrons. The van der Waals surface area contributed by atoms with E-state index in [4.69, 9.17) is 0 Å². The van der Waals surface area contributed by atoms with Gasteiger partial charge in [0.2, 0.25) is 0 Å². The van der Waals surface area contributed by atoms with Crippen LogP contribution < -0.4 is 0 Å². The summed E-state index contributed by atoms with van der Waals surface area (Å²) in [6.07, 6.45) is 1.95. The zero-order valence-electron chi connectivity index (χ0n) is 9.79. The quantitative estimate of drug-likeness (QED) is 0.681. The topological polar surface area (TPSA) is 17.1 Å². The predicted molar refractivity (Wildman–Crippen MR) is 64.7 cm³/mol. The fourth-order valence-corrected chi connectivity index (χ4v) is 1.47. The SMILES string of the molecule is CCCCC(=O)/C(F)=C(/C)c1ccccc1. The fraction of sp³-hybridized carbons (Fsp3) is 0.357. The Morgan fingerprint density at radius 3 is 2.44 bits per heavy atom. The molecule has 0 fully saturated rings. The van der Waals surface area contributed by atoms with Gasteiger partial charge in [-0.15, -0.1) is 0 Å². The van der Waals surface area contributed by atoms with Gasteiger partial charge in [-0.1, -0.05) is 43.7 Å². The Labute approximate surface area is 96.0 Å². The third-order valence-electron chi connectivity index (χ3n) is 2.54. The van der Waals surface area contributed by atoms with Crippen molar-refractivity contribution in [2.45, 2.75) is 33.1 Å². The van der Waals surface area contributed by atoms with E-state index in [9.17, 15) is 9.18 Å². The van der Waals surface area contributed by atoms with Crippen LogP contribution in [0.2, 0.25) is 0 Å². The number of Topliss-reactive ketones (excluding diaryl/α,β-unsaturated/α-hetero) is 1. The second-order valence-corrected chi connectivity index (χ2v) is 3.83. The summed E-state index contributed by atoms with van der Waals surface area (Å²) in [6.45, 7) is 3.63. The Morgan fingerprint density at radius 1 is 1.25 bits per heavy atom. The number of unbranched alkanes of at least 4 members (excludes halogenated alkanes) is 1. The molecule has 0 amide bonds. The van der Waals surface area contributed by atoms with E-state index in [-0.39, 0.29) is 5.78 Å². The van der Waals surface area contributed by atoms with Gasteiger partial charge in [0.05, 0.1) is 0 Å². The lowest BCUT2D eigenvalue weighted by Crippen LogP contribution is -2.00. The van der Waals surface area contributed by atoms with Crippen molar-refractivity contribution in [3.05, 3.63) is 41.7 Å². The van der Waals surface area contributed by atoms with Crippen LogP contribution in [0.4, 0.5) is 4.39 Å². The van der Waals surface area contributed by atoms with E-state index in [0.29, 0.717) is 12.0 Å². The van der Waals surface area contributed by atoms with Gasteiger partial charge in [0.25, 0.3) is 0 Å². The zero-order chi connectivity index (χ0) is 12.0. The van der Waals surface area contributed by atoms with Crippen LogP contribution in [-0.4, -0.2) is 5.78 Å². The molecule has 0 atom stereocenters. The second-order valence-electron chi connectivity index (χ2n) is 3.83. The number of hydrogen-bond acceptors (Lipinski definition) is 1. The molecule has 0 saturated carbocycles. The maximum atomic E-state index is 13.7. The van der Waals surface area contributed by atoms with Crippen molar-refractivity contribution in [1.29, 1.82) is 0 Å². The summed E-state index contributed by atoms with van der Waals surface area (Å²) in [6, 6.07) is 9.16. The van der Waals surface area contributed by atoms with Gasteiger partial charge in [0.1, 0.15) is 0 Å². The van der Waals surface area contributed by atoms with Gasteiger partial charge in [-0.25, -0.2) is 4.39 Å². The Kier molecular flexibility index (Phi) is 4.90. The van der Waals surface area contributed by atoms with Gasteiger partial charge >= 0.3 is 0 Å². The van der Waals surface area contributed by atoms with E-state index in [2.05, 4.69) is 0 Å². The molecule has 0 aliphatic rings. The first-order valence-corrected chi connectivity index (χ1v) is 5.61. The maximum absolute atomic E-state index is 13.7. The summed E-state index contributed by atoms with van der Waals surface area (Å²) in [5.74, 6) is -0.983. The molecule has 1 aromatic rings. The summed E-state index contributed by atoms with van der Waals surface area (Å²) in [7, 11) is 0. The lowest BCUT2D eigenvalue weighted by Gasteiger charge is -2.03. The van der Waals surface area contributed by atoms with Crippen LogP contribution in [0.3, 0.4) is 0 Å². The monoisotopic (exact) mass is 220 g/mol. The van der Waals surface area contributed by atoms with Crippen LogP contribution in [0.15, 0.2) is 36.2 Å².